The zero-order valence-electron chi connectivity index (χ0n) is 17.3. The van der Waals surface area contributed by atoms with Crippen LogP contribution in [0.15, 0.2) is 24.3 Å². The maximum atomic E-state index is 12.7. The van der Waals surface area contributed by atoms with Crippen LogP contribution in [0.1, 0.15) is 19.3 Å². The number of nitrogens with zero attached hydrogens (tertiary/aromatic N) is 2. The molecular formula is C21H31N3O5. The molecule has 3 rings (SSSR count). The van der Waals surface area contributed by atoms with Gasteiger partial charge in [-0.1, -0.05) is 12.1 Å². The number of hydrogen-bond acceptors (Lipinski definition) is 5. The van der Waals surface area contributed by atoms with Crippen molar-refractivity contribution in [2.75, 3.05) is 65.5 Å². The Labute approximate surface area is 172 Å². The van der Waals surface area contributed by atoms with E-state index >= 15 is 0 Å². The average Bonchev–Trinajstić information content (AvgIpc) is 3.15. The lowest BCUT2D eigenvalue weighted by atomic mass is 9.78. The monoisotopic (exact) mass is 405 g/mol. The predicted octanol–water partition coefficient (Wildman–Crippen LogP) is 2.20. The lowest BCUT2D eigenvalue weighted by Gasteiger charge is -2.39. The molecule has 0 radical (unpaired) electrons. The van der Waals surface area contributed by atoms with Crippen molar-refractivity contribution in [3.05, 3.63) is 24.3 Å². The molecule has 2 saturated heterocycles. The molecule has 8 heteroatoms. The molecule has 1 spiro atoms. The number of hydrogen-bond donors (Lipinski definition) is 1. The van der Waals surface area contributed by atoms with Gasteiger partial charge in [0.1, 0.15) is 12.4 Å². The van der Waals surface area contributed by atoms with Crippen LogP contribution in [0.4, 0.5) is 10.5 Å². The van der Waals surface area contributed by atoms with E-state index in [9.17, 15) is 9.59 Å². The molecule has 3 amide bonds. The van der Waals surface area contributed by atoms with E-state index in [1.165, 1.54) is 0 Å². The normalized spacial score (nSPS) is 18.1. The molecule has 0 aliphatic carbocycles. The van der Waals surface area contributed by atoms with Crippen molar-refractivity contribution in [3.63, 3.8) is 0 Å². The minimum absolute atomic E-state index is 0.0364. The van der Waals surface area contributed by atoms with Crippen molar-refractivity contribution in [1.29, 1.82) is 0 Å². The smallest absolute Gasteiger partial charge is 0.321 e. The molecule has 0 saturated carbocycles. The topological polar surface area (TPSA) is 80.3 Å². The molecular weight excluding hydrogens is 374 g/mol. The number of carbonyl (C=O) groups excluding carboxylic acids is 2. The Morgan fingerprint density at radius 1 is 1.03 bits per heavy atom. The molecule has 160 valence electrons. The molecule has 0 atom stereocenters. The van der Waals surface area contributed by atoms with Gasteiger partial charge < -0.3 is 29.3 Å². The van der Waals surface area contributed by atoms with Gasteiger partial charge in [-0.25, -0.2) is 4.79 Å². The lowest BCUT2D eigenvalue weighted by molar-refractivity contribution is -0.136. The molecule has 1 N–H and O–H groups in total. The SMILES string of the molecule is COCCOCC(=O)N1CCC2(CCN(C(=O)Nc3ccccc3OC)CC2)C1. The van der Waals surface area contributed by atoms with Gasteiger partial charge in [-0.2, -0.15) is 0 Å². The number of anilines is 1. The summed E-state index contributed by atoms with van der Waals surface area (Å²) in [5.74, 6) is 0.682. The molecule has 2 fully saturated rings. The van der Waals surface area contributed by atoms with Gasteiger partial charge in [0.05, 0.1) is 26.0 Å². The van der Waals surface area contributed by atoms with Crippen molar-refractivity contribution in [1.82, 2.24) is 9.80 Å². The Kier molecular flexibility index (Phi) is 7.33. The Hall–Kier alpha value is -2.32. The molecule has 29 heavy (non-hydrogen) atoms. The number of methoxy groups -OCH3 is 2. The van der Waals surface area contributed by atoms with Crippen LogP contribution in [0.2, 0.25) is 0 Å². The summed E-state index contributed by atoms with van der Waals surface area (Å²) >= 11 is 0. The second-order valence-corrected chi connectivity index (χ2v) is 7.73. The van der Waals surface area contributed by atoms with Gasteiger partial charge in [-0.05, 0) is 36.8 Å². The van der Waals surface area contributed by atoms with Gasteiger partial charge in [-0.3, -0.25) is 4.79 Å². The van der Waals surface area contributed by atoms with Crippen LogP contribution in [-0.4, -0.2) is 82.0 Å². The van der Waals surface area contributed by atoms with Crippen LogP contribution in [0.5, 0.6) is 5.75 Å². The van der Waals surface area contributed by atoms with Crippen molar-refractivity contribution in [2.24, 2.45) is 5.41 Å². The van der Waals surface area contributed by atoms with Gasteiger partial charge in [0.2, 0.25) is 5.91 Å². The minimum atomic E-state index is -0.109. The summed E-state index contributed by atoms with van der Waals surface area (Å²) < 4.78 is 15.6. The van der Waals surface area contributed by atoms with E-state index < -0.39 is 0 Å². The zero-order chi connectivity index (χ0) is 20.7. The minimum Gasteiger partial charge on any atom is -0.495 e. The predicted molar refractivity (Wildman–Crippen MR) is 109 cm³/mol. The Morgan fingerprint density at radius 2 is 1.72 bits per heavy atom. The Morgan fingerprint density at radius 3 is 2.41 bits per heavy atom. The van der Waals surface area contributed by atoms with Gasteiger partial charge in [0, 0.05) is 33.3 Å². The second kappa shape index (κ2) is 9.93. The van der Waals surface area contributed by atoms with Crippen molar-refractivity contribution in [2.45, 2.75) is 19.3 Å². The van der Waals surface area contributed by atoms with Crippen LogP contribution < -0.4 is 10.1 Å². The first-order chi connectivity index (χ1) is 14.1. The molecule has 0 aromatic heterocycles. The summed E-state index contributed by atoms with van der Waals surface area (Å²) in [7, 11) is 3.20. The van der Waals surface area contributed by atoms with Crippen molar-refractivity contribution < 1.29 is 23.8 Å². The summed E-state index contributed by atoms with van der Waals surface area (Å²) in [5, 5.41) is 2.94. The van der Waals surface area contributed by atoms with Gasteiger partial charge >= 0.3 is 6.03 Å². The van der Waals surface area contributed by atoms with Crippen molar-refractivity contribution >= 4 is 17.6 Å². The molecule has 2 aliphatic rings. The summed E-state index contributed by atoms with van der Waals surface area (Å²) in [6.45, 7) is 3.91. The van der Waals surface area contributed by atoms with E-state index in [4.69, 9.17) is 14.2 Å². The highest BCUT2D eigenvalue weighted by molar-refractivity contribution is 5.91. The average molecular weight is 405 g/mol. The van der Waals surface area contributed by atoms with Crippen LogP contribution >= 0.6 is 0 Å². The molecule has 2 heterocycles. The number of benzene rings is 1. The number of carbonyl (C=O) groups is 2. The quantitative estimate of drug-likeness (QED) is 0.704. The highest BCUT2D eigenvalue weighted by Gasteiger charge is 2.42. The van der Waals surface area contributed by atoms with Gasteiger partial charge in [0.25, 0.3) is 0 Å². The molecule has 1 aromatic rings. The number of rotatable bonds is 7. The van der Waals surface area contributed by atoms with Crippen LogP contribution in [-0.2, 0) is 14.3 Å². The van der Waals surface area contributed by atoms with E-state index in [1.807, 2.05) is 34.1 Å². The van der Waals surface area contributed by atoms with E-state index in [2.05, 4.69) is 5.32 Å². The molecule has 1 aromatic carbocycles. The third kappa shape index (κ3) is 5.39. The molecule has 2 aliphatic heterocycles. The second-order valence-electron chi connectivity index (χ2n) is 7.73. The molecule has 0 bridgehead atoms. The highest BCUT2D eigenvalue weighted by Crippen LogP contribution is 2.40. The highest BCUT2D eigenvalue weighted by atomic mass is 16.5. The fourth-order valence-electron chi connectivity index (χ4n) is 4.08. The number of para-hydroxylation sites is 2. The van der Waals surface area contributed by atoms with Gasteiger partial charge in [0.15, 0.2) is 0 Å². The molecule has 0 unspecified atom stereocenters. The summed E-state index contributed by atoms with van der Waals surface area (Å²) in [6.07, 6.45) is 2.79. The van der Waals surface area contributed by atoms with Crippen LogP contribution in [0.25, 0.3) is 0 Å². The van der Waals surface area contributed by atoms with Crippen molar-refractivity contribution in [3.8, 4) is 5.75 Å². The maximum Gasteiger partial charge on any atom is 0.321 e. The first kappa shape index (κ1) is 21.4. The fraction of sp³-hybridized carbons (Fsp3) is 0.619. The molecule has 8 nitrogen and oxygen atoms in total. The Balaban J connectivity index is 1.46. The number of piperidine rings is 1. The third-order valence-corrected chi connectivity index (χ3v) is 5.91. The summed E-state index contributed by atoms with van der Waals surface area (Å²) in [5.41, 5.74) is 0.787. The number of urea groups is 1. The number of amides is 3. The number of ether oxygens (including phenoxy) is 3. The standard InChI is InChI=1S/C21H31N3O5/c1-27-13-14-29-15-19(25)24-12-9-21(16-24)7-10-23(11-8-21)20(26)22-17-5-3-4-6-18(17)28-2/h3-6H,7-16H2,1-2H3,(H,22,26). The summed E-state index contributed by atoms with van der Waals surface area (Å²) in [6, 6.07) is 7.28. The first-order valence-electron chi connectivity index (χ1n) is 10.1. The van der Waals surface area contributed by atoms with Crippen LogP contribution in [0, 0.1) is 5.41 Å². The fourth-order valence-corrected chi connectivity index (χ4v) is 4.08. The summed E-state index contributed by atoms with van der Waals surface area (Å²) in [4.78, 5) is 28.7. The van der Waals surface area contributed by atoms with Crippen LogP contribution in [0.3, 0.4) is 0 Å². The number of nitrogens with one attached hydrogen (secondary N) is 1. The third-order valence-electron chi connectivity index (χ3n) is 5.91. The maximum absolute atomic E-state index is 12.7. The van der Waals surface area contributed by atoms with E-state index in [-0.39, 0.29) is 24.0 Å². The zero-order valence-corrected chi connectivity index (χ0v) is 17.3. The number of likely N-dealkylation sites (tertiary alicyclic amines) is 2. The van der Waals surface area contributed by atoms with E-state index in [1.54, 1.807) is 14.2 Å². The van der Waals surface area contributed by atoms with E-state index in [0.717, 1.165) is 32.4 Å². The van der Waals surface area contributed by atoms with E-state index in [0.29, 0.717) is 37.7 Å². The largest absolute Gasteiger partial charge is 0.495 e. The Bertz CT molecular complexity index is 703. The first-order valence-corrected chi connectivity index (χ1v) is 10.1. The van der Waals surface area contributed by atoms with Gasteiger partial charge in [-0.15, -0.1) is 0 Å². The lowest BCUT2D eigenvalue weighted by Crippen LogP contribution is -2.46.